The van der Waals surface area contributed by atoms with E-state index < -0.39 is 8.32 Å². The average molecular weight is 716 g/mol. The van der Waals surface area contributed by atoms with E-state index in [1.165, 1.54) is 24.3 Å². The lowest BCUT2D eigenvalue weighted by atomic mass is 9.75. The summed E-state index contributed by atoms with van der Waals surface area (Å²) in [4.78, 5) is 31.0. The number of imidazole rings is 1. The summed E-state index contributed by atoms with van der Waals surface area (Å²) in [6, 6.07) is 18.0. The molecule has 0 radical (unpaired) electrons. The summed E-state index contributed by atoms with van der Waals surface area (Å²) >= 11 is 0. The molecule has 3 aromatic carbocycles. The Hall–Kier alpha value is -4.28. The van der Waals surface area contributed by atoms with Crippen LogP contribution >= 0.6 is 0 Å². The molecule has 1 amide bonds. The van der Waals surface area contributed by atoms with Crippen LogP contribution in [0.1, 0.15) is 76.0 Å². The number of rotatable bonds is 18. The average Bonchev–Trinajstić information content (AvgIpc) is 3.61. The molecule has 272 valence electrons. The van der Waals surface area contributed by atoms with E-state index in [1.807, 2.05) is 66.3 Å². The fraction of sp³-hybridized carbons (Fsp3) is 0.415. The first-order valence-corrected chi connectivity index (χ1v) is 20.9. The van der Waals surface area contributed by atoms with Crippen LogP contribution in [0.15, 0.2) is 97.6 Å². The van der Waals surface area contributed by atoms with Crippen molar-refractivity contribution < 1.29 is 27.8 Å². The lowest BCUT2D eigenvalue weighted by Crippen LogP contribution is -2.55. The lowest BCUT2D eigenvalue weighted by Gasteiger charge is -2.48. The minimum atomic E-state index is -2.55. The minimum Gasteiger partial charge on any atom is -0.493 e. The van der Waals surface area contributed by atoms with Gasteiger partial charge < -0.3 is 23.7 Å². The highest BCUT2D eigenvalue weighted by molar-refractivity contribution is 6.72. The third kappa shape index (κ3) is 9.54. The number of hydrogen-bond donors (Lipinski definition) is 1. The van der Waals surface area contributed by atoms with Crippen LogP contribution in [-0.2, 0) is 11.3 Å². The largest absolute Gasteiger partial charge is 0.493 e. The second-order valence-corrected chi connectivity index (χ2v) is 19.1. The van der Waals surface area contributed by atoms with E-state index in [0.29, 0.717) is 56.2 Å². The quantitative estimate of drug-likeness (QED) is 0.0481. The Bertz CT molecular complexity index is 1740. The highest BCUT2D eigenvalue weighted by Gasteiger charge is 2.50. The Morgan fingerprint density at radius 3 is 2.35 bits per heavy atom. The first kappa shape index (κ1) is 38.0. The molecule has 3 atom stereocenters. The van der Waals surface area contributed by atoms with Gasteiger partial charge in [0.1, 0.15) is 29.7 Å². The first-order valence-electron chi connectivity index (χ1n) is 17.9. The van der Waals surface area contributed by atoms with Crippen LogP contribution in [-0.4, -0.2) is 41.8 Å². The molecule has 51 heavy (non-hydrogen) atoms. The molecule has 0 unspecified atom stereocenters. The maximum atomic E-state index is 14.1. The van der Waals surface area contributed by atoms with Crippen molar-refractivity contribution in [2.24, 2.45) is 5.92 Å². The number of ether oxygens (including phenoxy) is 2. The van der Waals surface area contributed by atoms with Gasteiger partial charge in [-0.2, -0.15) is 0 Å². The molecule has 5 rings (SSSR count). The molecule has 0 aliphatic carbocycles. The van der Waals surface area contributed by atoms with Crippen molar-refractivity contribution in [2.75, 3.05) is 18.1 Å². The predicted molar refractivity (Wildman–Crippen MR) is 201 cm³/mol. The van der Waals surface area contributed by atoms with Gasteiger partial charge in [0.15, 0.2) is 8.32 Å². The van der Waals surface area contributed by atoms with Gasteiger partial charge in [-0.3, -0.25) is 4.79 Å². The molecule has 1 saturated heterocycles. The number of β-lactam (4-membered cyclic amide) rings is 1. The zero-order valence-corrected chi connectivity index (χ0v) is 31.4. The minimum absolute atomic E-state index is 0.00530. The number of carbonyl (C=O) groups excluding carboxylic acids is 1. The Balaban J connectivity index is 1.43. The van der Waals surface area contributed by atoms with Crippen molar-refractivity contribution in [2.45, 2.75) is 89.5 Å². The van der Waals surface area contributed by atoms with Crippen LogP contribution < -0.4 is 14.4 Å². The molecule has 0 bridgehead atoms. The third-order valence-electron chi connectivity index (χ3n) is 10.3. The van der Waals surface area contributed by atoms with Crippen molar-refractivity contribution in [3.05, 3.63) is 120 Å². The molecule has 1 aromatic heterocycles. The van der Waals surface area contributed by atoms with Gasteiger partial charge in [-0.15, -0.1) is 0 Å². The van der Waals surface area contributed by atoms with E-state index in [9.17, 15) is 18.4 Å². The SMILES string of the molecule is CCCCOc1cc(OC/C=C/Cn2ccnc2)ccc1[C@@H]1[C@@H](CC[C@H](CC(C)(C)[Si](C)(C)O)c2ccc(F)cc2)C(=O)N1c1ccc(F)cc1. The van der Waals surface area contributed by atoms with Crippen molar-refractivity contribution in [3.63, 3.8) is 0 Å². The number of nitrogens with zero attached hydrogens (tertiary/aromatic N) is 3. The van der Waals surface area contributed by atoms with E-state index in [1.54, 1.807) is 29.6 Å². The van der Waals surface area contributed by atoms with Crippen LogP contribution in [0, 0.1) is 17.6 Å². The van der Waals surface area contributed by atoms with Gasteiger partial charge in [0.2, 0.25) is 5.91 Å². The van der Waals surface area contributed by atoms with E-state index in [4.69, 9.17) is 9.47 Å². The topological polar surface area (TPSA) is 76.8 Å². The molecule has 7 nitrogen and oxygen atoms in total. The summed E-state index contributed by atoms with van der Waals surface area (Å²) in [6.45, 7) is 11.8. The van der Waals surface area contributed by atoms with Gasteiger partial charge in [-0.1, -0.05) is 45.4 Å². The summed E-state index contributed by atoms with van der Waals surface area (Å²) < 4.78 is 42.4. The predicted octanol–water partition coefficient (Wildman–Crippen LogP) is 9.61. The Labute approximate surface area is 302 Å². The Kier molecular flexibility index (Phi) is 12.5. The fourth-order valence-corrected chi connectivity index (χ4v) is 7.29. The molecular formula is C41H51F2N3O4Si. The normalized spacial score (nSPS) is 17.1. The lowest BCUT2D eigenvalue weighted by molar-refractivity contribution is -0.130. The smallest absolute Gasteiger partial charge is 0.233 e. The summed E-state index contributed by atoms with van der Waals surface area (Å²) in [7, 11) is -2.55. The summed E-state index contributed by atoms with van der Waals surface area (Å²) in [5.41, 5.74) is 2.48. The molecule has 4 aromatic rings. The number of anilines is 1. The second kappa shape index (κ2) is 16.8. The molecule has 2 heterocycles. The number of allylic oxidation sites excluding steroid dienone is 1. The maximum absolute atomic E-state index is 14.1. The molecule has 1 N–H and O–H groups in total. The number of amides is 1. The standard InChI is InChI=1S/C41H51F2N3O4Si/c1-6-7-25-50-38-27-35(49-26-9-8-23-45-24-22-44-29-45)19-21-36(38)39-37(40(47)46(39)34-17-15-33(43)16-18-34)20-12-31(28-41(2,3)51(4,5)48)30-10-13-32(42)14-11-30/h8-11,13-19,21-22,24,27,29,31,37,39,48H,6-7,12,20,23,25-26,28H2,1-5H3/b9-8+/t31-,37-,39-/m1/s1. The highest BCUT2D eigenvalue weighted by Crippen LogP contribution is 2.51. The molecule has 1 aliphatic heterocycles. The van der Waals surface area contributed by atoms with E-state index in [0.717, 1.165) is 24.0 Å². The summed E-state index contributed by atoms with van der Waals surface area (Å²) in [5, 5.41) is -0.319. The van der Waals surface area contributed by atoms with Crippen molar-refractivity contribution in [1.82, 2.24) is 9.55 Å². The van der Waals surface area contributed by atoms with E-state index in [-0.39, 0.29) is 40.5 Å². The molecule has 0 spiro atoms. The Morgan fingerprint density at radius 2 is 1.71 bits per heavy atom. The van der Waals surface area contributed by atoms with Gasteiger partial charge in [0.05, 0.1) is 24.9 Å². The van der Waals surface area contributed by atoms with Gasteiger partial charge >= 0.3 is 0 Å². The number of carbonyl (C=O) groups is 1. The fourth-order valence-electron chi connectivity index (χ4n) is 6.55. The first-order chi connectivity index (χ1) is 24.4. The molecule has 10 heteroatoms. The van der Waals surface area contributed by atoms with Crippen LogP contribution in [0.25, 0.3) is 0 Å². The molecule has 0 saturated carbocycles. The van der Waals surface area contributed by atoms with Crippen molar-refractivity contribution in [1.29, 1.82) is 0 Å². The number of hydrogen-bond acceptors (Lipinski definition) is 5. The van der Waals surface area contributed by atoms with E-state index >= 15 is 0 Å². The zero-order chi connectivity index (χ0) is 36.6. The number of unbranched alkanes of at least 4 members (excludes halogenated alkanes) is 1. The van der Waals surface area contributed by atoms with Crippen LogP contribution in [0.3, 0.4) is 0 Å². The van der Waals surface area contributed by atoms with Gasteiger partial charge in [-0.05, 0) is 110 Å². The summed E-state index contributed by atoms with van der Waals surface area (Å²) in [6.07, 6.45) is 13.2. The van der Waals surface area contributed by atoms with Gasteiger partial charge in [0, 0.05) is 36.3 Å². The monoisotopic (exact) mass is 715 g/mol. The molecule has 1 aliphatic rings. The Morgan fingerprint density at radius 1 is 1.00 bits per heavy atom. The second-order valence-electron chi connectivity index (χ2n) is 14.7. The van der Waals surface area contributed by atoms with E-state index in [2.05, 4.69) is 25.8 Å². The summed E-state index contributed by atoms with van der Waals surface area (Å²) in [5.74, 6) is 0.237. The molecule has 1 fully saturated rings. The maximum Gasteiger partial charge on any atom is 0.233 e. The van der Waals surface area contributed by atoms with Crippen LogP contribution in [0.5, 0.6) is 11.5 Å². The zero-order valence-electron chi connectivity index (χ0n) is 30.4. The van der Waals surface area contributed by atoms with Crippen molar-refractivity contribution >= 4 is 19.9 Å². The highest BCUT2D eigenvalue weighted by atomic mass is 28.4. The number of halogens is 2. The molecular weight excluding hydrogens is 665 g/mol. The number of aromatic nitrogens is 2. The van der Waals surface area contributed by atoms with Crippen molar-refractivity contribution in [3.8, 4) is 11.5 Å². The third-order valence-corrected chi connectivity index (χ3v) is 13.9. The van der Waals surface area contributed by atoms with Gasteiger partial charge in [-0.25, -0.2) is 13.8 Å². The van der Waals surface area contributed by atoms with Gasteiger partial charge in [0.25, 0.3) is 0 Å². The van der Waals surface area contributed by atoms with Crippen LogP contribution in [0.2, 0.25) is 18.1 Å². The number of benzene rings is 3. The van der Waals surface area contributed by atoms with Crippen LogP contribution in [0.4, 0.5) is 14.5 Å².